The molecule has 0 radical (unpaired) electrons. The lowest BCUT2D eigenvalue weighted by Gasteiger charge is -2.41. The van der Waals surface area contributed by atoms with Crippen LogP contribution in [0.5, 0.6) is 0 Å². The van der Waals surface area contributed by atoms with E-state index in [-0.39, 0.29) is 16.6 Å². The number of nitrogens with one attached hydrogen (secondary N) is 1. The molecule has 2 aliphatic rings. The Bertz CT molecular complexity index is 755. The zero-order chi connectivity index (χ0) is 21.9. The second kappa shape index (κ2) is 9.60. The van der Waals surface area contributed by atoms with Crippen LogP contribution >= 0.6 is 0 Å². The predicted molar refractivity (Wildman–Crippen MR) is 121 cm³/mol. The number of hydrogen-bond donors (Lipinski definition) is 1. The van der Waals surface area contributed by atoms with Crippen molar-refractivity contribution in [2.24, 2.45) is 5.41 Å². The molecule has 1 saturated heterocycles. The molecule has 0 spiro atoms. The van der Waals surface area contributed by atoms with Crippen molar-refractivity contribution in [3.63, 3.8) is 0 Å². The van der Waals surface area contributed by atoms with Crippen molar-refractivity contribution in [2.75, 3.05) is 44.3 Å². The van der Waals surface area contributed by atoms with Gasteiger partial charge in [0.05, 0.1) is 37.6 Å². The summed E-state index contributed by atoms with van der Waals surface area (Å²) >= 11 is -0.971. The van der Waals surface area contributed by atoms with Crippen LogP contribution in [0.2, 0.25) is 0 Å². The van der Waals surface area contributed by atoms with Crippen molar-refractivity contribution in [1.82, 2.24) is 14.6 Å². The van der Waals surface area contributed by atoms with Crippen molar-refractivity contribution < 1.29 is 14.1 Å². The molecule has 1 aromatic rings. The van der Waals surface area contributed by atoms with E-state index in [4.69, 9.17) is 4.74 Å². The molecule has 0 bridgehead atoms. The molecule has 7 nitrogen and oxygen atoms in total. The van der Waals surface area contributed by atoms with Crippen LogP contribution in [-0.4, -0.2) is 64.2 Å². The first-order chi connectivity index (χ1) is 14.2. The third kappa shape index (κ3) is 5.49. The molecule has 2 aliphatic heterocycles. The molecule has 1 N–H and O–H groups in total. The van der Waals surface area contributed by atoms with E-state index < -0.39 is 11.4 Å². The van der Waals surface area contributed by atoms with E-state index in [1.807, 2.05) is 48.5 Å². The van der Waals surface area contributed by atoms with Gasteiger partial charge in [0.1, 0.15) is 5.25 Å². The fourth-order valence-electron chi connectivity index (χ4n) is 3.44. The maximum absolute atomic E-state index is 13.4. The average Bonchev–Trinajstić information content (AvgIpc) is 2.72. The number of carbonyl (C=O) groups is 1. The molecule has 0 saturated carbocycles. The molecular weight excluding hydrogens is 400 g/mol. The van der Waals surface area contributed by atoms with Crippen LogP contribution in [0.3, 0.4) is 0 Å². The van der Waals surface area contributed by atoms with Crippen molar-refractivity contribution in [1.29, 1.82) is 0 Å². The van der Waals surface area contributed by atoms with Gasteiger partial charge in [-0.15, -0.1) is 4.31 Å². The van der Waals surface area contributed by atoms with Gasteiger partial charge in [0, 0.05) is 24.5 Å². The smallest absolute Gasteiger partial charge is 0.309 e. The maximum Gasteiger partial charge on any atom is 0.309 e. The Labute approximate surface area is 183 Å². The van der Waals surface area contributed by atoms with Crippen LogP contribution in [0.4, 0.5) is 5.69 Å². The normalized spacial score (nSPS) is 20.2. The van der Waals surface area contributed by atoms with Crippen LogP contribution in [0.15, 0.2) is 41.8 Å². The number of benzene rings is 1. The van der Waals surface area contributed by atoms with Crippen molar-refractivity contribution >= 4 is 23.0 Å². The highest BCUT2D eigenvalue weighted by Crippen LogP contribution is 2.26. The Hall–Kier alpha value is -1.74. The largest absolute Gasteiger partial charge is 0.598 e. The predicted octanol–water partition coefficient (Wildman–Crippen LogP) is 2.50. The molecule has 166 valence electrons. The lowest BCUT2D eigenvalue weighted by atomic mass is 9.98. The summed E-state index contributed by atoms with van der Waals surface area (Å²) in [5.74, 6) is 0.228. The zero-order valence-corrected chi connectivity index (χ0v) is 19.5. The van der Waals surface area contributed by atoms with Gasteiger partial charge in [0.15, 0.2) is 0 Å². The summed E-state index contributed by atoms with van der Waals surface area (Å²) in [6, 6.07) is 9.55. The van der Waals surface area contributed by atoms with E-state index in [1.165, 1.54) is 0 Å². The minimum Gasteiger partial charge on any atom is -0.598 e. The second-order valence-electron chi connectivity index (χ2n) is 9.18. The Morgan fingerprint density at radius 3 is 2.33 bits per heavy atom. The summed E-state index contributed by atoms with van der Waals surface area (Å²) in [5.41, 5.74) is 4.85. The van der Waals surface area contributed by atoms with E-state index >= 15 is 0 Å². The third-order valence-corrected chi connectivity index (χ3v) is 6.69. The number of piperazine rings is 1. The minimum absolute atomic E-state index is 0.0618. The highest BCUT2D eigenvalue weighted by molar-refractivity contribution is 7.89. The number of carbonyl (C=O) groups excluding carboxylic acids is 1. The van der Waals surface area contributed by atoms with Crippen LogP contribution in [0.25, 0.3) is 0 Å². The maximum atomic E-state index is 13.4. The van der Waals surface area contributed by atoms with Crippen molar-refractivity contribution in [2.45, 2.75) is 39.9 Å². The molecule has 8 heteroatoms. The van der Waals surface area contributed by atoms with E-state index in [9.17, 15) is 9.35 Å². The van der Waals surface area contributed by atoms with Crippen LogP contribution in [-0.2, 0) is 20.9 Å². The van der Waals surface area contributed by atoms with Gasteiger partial charge in [-0.25, -0.2) is 10.4 Å². The van der Waals surface area contributed by atoms with E-state index in [1.54, 1.807) is 5.01 Å². The number of rotatable bonds is 6. The van der Waals surface area contributed by atoms with Gasteiger partial charge in [0.25, 0.3) is 0 Å². The Balaban J connectivity index is 1.81. The second-order valence-corrected chi connectivity index (χ2v) is 11.2. The first-order valence-electron chi connectivity index (χ1n) is 10.6. The molecule has 1 fully saturated rings. The standard InChI is InChI=1S/C22H34N4O3S/c1-17(2)30(28)25-13-11-24(12-14-25)19-15-23-26(18-9-7-6-8-10-18)21(27)20(19)29-16-22(3,4)5/h6-10,17,23H,11-16H2,1-5H3. The van der Waals surface area contributed by atoms with E-state index in [2.05, 4.69) is 31.1 Å². The van der Waals surface area contributed by atoms with Gasteiger partial charge < -0.3 is 14.2 Å². The summed E-state index contributed by atoms with van der Waals surface area (Å²) < 4.78 is 20.6. The highest BCUT2D eigenvalue weighted by Gasteiger charge is 2.36. The molecule has 1 aromatic carbocycles. The topological polar surface area (TPSA) is 71.1 Å². The van der Waals surface area contributed by atoms with Crippen LogP contribution < -0.4 is 10.4 Å². The Morgan fingerprint density at radius 1 is 1.13 bits per heavy atom. The highest BCUT2D eigenvalue weighted by atomic mass is 32.2. The number of anilines is 1. The number of hydrogen-bond acceptors (Lipinski definition) is 6. The first kappa shape index (κ1) is 22.9. The molecule has 30 heavy (non-hydrogen) atoms. The van der Waals surface area contributed by atoms with Crippen molar-refractivity contribution in [3.05, 3.63) is 41.8 Å². The molecule has 0 aliphatic carbocycles. The lowest BCUT2D eigenvalue weighted by molar-refractivity contribution is -0.120. The fourth-order valence-corrected chi connectivity index (χ4v) is 4.56. The van der Waals surface area contributed by atoms with Gasteiger partial charge in [-0.2, -0.15) is 0 Å². The Morgan fingerprint density at radius 2 is 1.77 bits per heavy atom. The summed E-state index contributed by atoms with van der Waals surface area (Å²) in [6.45, 7) is 14.0. The Kier molecular flexibility index (Phi) is 7.34. The number of ether oxygens (including phenoxy) is 1. The van der Waals surface area contributed by atoms with E-state index in [0.29, 0.717) is 32.0 Å². The van der Waals surface area contributed by atoms with Gasteiger partial charge in [0.2, 0.25) is 5.76 Å². The number of amides is 1. The quantitative estimate of drug-likeness (QED) is 0.694. The number of para-hydroxylation sites is 1. The molecule has 2 heterocycles. The SMILES string of the molecule is CC(C)[S+]([O-])N1CCN(C2=C(OCC(C)(C)C)C(=O)N(c3ccccc3)NC2)CC1. The lowest BCUT2D eigenvalue weighted by Crippen LogP contribution is -2.55. The first-order valence-corrected chi connectivity index (χ1v) is 11.7. The molecule has 3 rings (SSSR count). The molecule has 1 amide bonds. The van der Waals surface area contributed by atoms with E-state index in [0.717, 1.165) is 24.5 Å². The van der Waals surface area contributed by atoms with Gasteiger partial charge in [-0.3, -0.25) is 4.79 Å². The molecular formula is C22H34N4O3S. The fraction of sp³-hybridized carbons (Fsp3) is 0.591. The summed E-state index contributed by atoms with van der Waals surface area (Å²) in [5, 5.41) is 1.67. The third-order valence-electron chi connectivity index (χ3n) is 5.01. The van der Waals surface area contributed by atoms with Crippen LogP contribution in [0.1, 0.15) is 34.6 Å². The minimum atomic E-state index is -0.971. The van der Waals surface area contributed by atoms with Crippen molar-refractivity contribution in [3.8, 4) is 0 Å². The average molecular weight is 435 g/mol. The molecule has 1 unspecified atom stereocenters. The summed E-state index contributed by atoms with van der Waals surface area (Å²) in [6.07, 6.45) is 0. The molecule has 0 aromatic heterocycles. The number of hydrazine groups is 1. The summed E-state index contributed by atoms with van der Waals surface area (Å²) in [4.78, 5) is 15.5. The monoisotopic (exact) mass is 434 g/mol. The molecule has 1 atom stereocenters. The number of nitrogens with zero attached hydrogens (tertiary/aromatic N) is 3. The summed E-state index contributed by atoms with van der Waals surface area (Å²) in [7, 11) is 0. The van der Waals surface area contributed by atoms with Gasteiger partial charge in [-0.05, 0) is 31.4 Å². The van der Waals surface area contributed by atoms with Gasteiger partial charge in [-0.1, -0.05) is 39.0 Å². The van der Waals surface area contributed by atoms with Gasteiger partial charge >= 0.3 is 5.91 Å². The zero-order valence-electron chi connectivity index (χ0n) is 18.7. The van der Waals surface area contributed by atoms with Crippen LogP contribution in [0, 0.1) is 5.41 Å².